The first kappa shape index (κ1) is 20.8. The first-order valence-electron chi connectivity index (χ1n) is 10.7. The van der Waals surface area contributed by atoms with E-state index in [1.165, 1.54) is 0 Å². The summed E-state index contributed by atoms with van der Waals surface area (Å²) in [7, 11) is 0. The number of rotatable bonds is 6. The highest BCUT2D eigenvalue weighted by atomic mass is 16.1. The quantitative estimate of drug-likeness (QED) is 0.477. The van der Waals surface area contributed by atoms with Crippen LogP contribution in [0.4, 0.5) is 0 Å². The third-order valence-corrected chi connectivity index (χ3v) is 5.84. The van der Waals surface area contributed by atoms with Crippen molar-refractivity contribution in [1.29, 1.82) is 0 Å². The van der Waals surface area contributed by atoms with Gasteiger partial charge >= 0.3 is 0 Å². The van der Waals surface area contributed by atoms with Crippen molar-refractivity contribution in [3.63, 3.8) is 0 Å². The maximum atomic E-state index is 12.6. The van der Waals surface area contributed by atoms with Gasteiger partial charge in [0.1, 0.15) is 0 Å². The van der Waals surface area contributed by atoms with Gasteiger partial charge in [0, 0.05) is 23.4 Å². The third kappa shape index (κ3) is 4.22. The average Bonchev–Trinajstić information content (AvgIpc) is 3.10. The number of amides is 1. The first-order valence-corrected chi connectivity index (χ1v) is 10.7. The monoisotopic (exact) mass is 412 g/mol. The molecule has 2 aromatic heterocycles. The lowest BCUT2D eigenvalue weighted by atomic mass is 10.0. The lowest BCUT2D eigenvalue weighted by Gasteiger charge is -2.15. The largest absolute Gasteiger partial charge is 0.350 e. The van der Waals surface area contributed by atoms with Gasteiger partial charge in [-0.15, -0.1) is 0 Å². The second kappa shape index (κ2) is 8.72. The summed E-state index contributed by atoms with van der Waals surface area (Å²) in [5, 5.41) is 7.86. The minimum Gasteiger partial charge on any atom is -0.350 e. The Morgan fingerprint density at radius 2 is 1.61 bits per heavy atom. The fraction of sp³-hybridized carbons (Fsp3) is 0.269. The molecule has 0 aliphatic rings. The summed E-state index contributed by atoms with van der Waals surface area (Å²) in [5.41, 5.74) is 8.17. The summed E-state index contributed by atoms with van der Waals surface area (Å²) in [5.74, 6) is 0.0388. The number of fused-ring (bicyclic) bond motifs is 1. The molecule has 5 heteroatoms. The van der Waals surface area contributed by atoms with Crippen LogP contribution in [0.5, 0.6) is 0 Å². The molecule has 0 fully saturated rings. The predicted octanol–water partition coefficient (Wildman–Crippen LogP) is 5.13. The minimum absolute atomic E-state index is 0.0151. The van der Waals surface area contributed by atoms with E-state index < -0.39 is 0 Å². The van der Waals surface area contributed by atoms with E-state index in [9.17, 15) is 4.79 Å². The molecule has 4 aromatic rings. The van der Waals surface area contributed by atoms with Crippen LogP contribution in [-0.4, -0.2) is 20.5 Å². The van der Waals surface area contributed by atoms with Crippen molar-refractivity contribution in [1.82, 2.24) is 19.9 Å². The van der Waals surface area contributed by atoms with Crippen molar-refractivity contribution in [2.45, 2.75) is 46.6 Å². The fourth-order valence-electron chi connectivity index (χ4n) is 4.15. The SMILES string of the molecule is Cc1nc2c(-c3ccccc3)c(C)nn2c(C)c1CCC(=O)N[C@@H](C)c1ccccc1. The van der Waals surface area contributed by atoms with E-state index in [2.05, 4.69) is 24.4 Å². The summed E-state index contributed by atoms with van der Waals surface area (Å²) >= 11 is 0. The van der Waals surface area contributed by atoms with Gasteiger partial charge in [-0.1, -0.05) is 60.7 Å². The average molecular weight is 413 g/mol. The number of aryl methyl sites for hydroxylation is 3. The fourth-order valence-corrected chi connectivity index (χ4v) is 4.15. The van der Waals surface area contributed by atoms with Gasteiger partial charge < -0.3 is 5.32 Å². The second-order valence-electron chi connectivity index (χ2n) is 8.02. The number of hydrogen-bond acceptors (Lipinski definition) is 3. The molecule has 0 saturated carbocycles. The highest BCUT2D eigenvalue weighted by Gasteiger charge is 2.18. The molecule has 0 unspecified atom stereocenters. The van der Waals surface area contributed by atoms with Crippen molar-refractivity contribution >= 4 is 11.6 Å². The third-order valence-electron chi connectivity index (χ3n) is 5.84. The van der Waals surface area contributed by atoms with Gasteiger partial charge in [-0.05, 0) is 50.8 Å². The van der Waals surface area contributed by atoms with E-state index >= 15 is 0 Å². The van der Waals surface area contributed by atoms with Gasteiger partial charge in [0.2, 0.25) is 5.91 Å². The zero-order chi connectivity index (χ0) is 22.0. The molecule has 31 heavy (non-hydrogen) atoms. The van der Waals surface area contributed by atoms with Crippen LogP contribution in [0.2, 0.25) is 0 Å². The van der Waals surface area contributed by atoms with Crippen LogP contribution in [0, 0.1) is 20.8 Å². The molecule has 0 saturated heterocycles. The summed E-state index contributed by atoms with van der Waals surface area (Å²) in [6.07, 6.45) is 1.05. The van der Waals surface area contributed by atoms with Gasteiger partial charge in [-0.25, -0.2) is 9.50 Å². The Hall–Kier alpha value is -3.47. The van der Waals surface area contributed by atoms with E-state index in [4.69, 9.17) is 10.1 Å². The van der Waals surface area contributed by atoms with Crippen molar-refractivity contribution in [3.8, 4) is 11.1 Å². The molecule has 2 heterocycles. The molecule has 0 aliphatic carbocycles. The molecule has 1 amide bonds. The summed E-state index contributed by atoms with van der Waals surface area (Å²) in [6, 6.07) is 20.2. The Labute approximate surface area is 183 Å². The van der Waals surface area contributed by atoms with E-state index in [1.54, 1.807) is 0 Å². The molecule has 0 radical (unpaired) electrons. The van der Waals surface area contributed by atoms with Crippen LogP contribution in [0.25, 0.3) is 16.8 Å². The molecular weight excluding hydrogens is 384 g/mol. The molecule has 0 spiro atoms. The topological polar surface area (TPSA) is 59.3 Å². The number of nitrogens with zero attached hydrogens (tertiary/aromatic N) is 3. The summed E-state index contributed by atoms with van der Waals surface area (Å²) in [6.45, 7) is 8.10. The van der Waals surface area contributed by atoms with Crippen molar-refractivity contribution in [2.75, 3.05) is 0 Å². The predicted molar refractivity (Wildman–Crippen MR) is 124 cm³/mol. The van der Waals surface area contributed by atoms with Gasteiger partial charge in [0.05, 0.1) is 11.7 Å². The van der Waals surface area contributed by atoms with Gasteiger partial charge in [-0.2, -0.15) is 5.10 Å². The van der Waals surface area contributed by atoms with E-state index in [-0.39, 0.29) is 11.9 Å². The second-order valence-corrected chi connectivity index (χ2v) is 8.02. The molecule has 1 atom stereocenters. The van der Waals surface area contributed by atoms with Crippen molar-refractivity contribution < 1.29 is 4.79 Å². The number of carbonyl (C=O) groups is 1. The van der Waals surface area contributed by atoms with Crippen LogP contribution < -0.4 is 5.32 Å². The van der Waals surface area contributed by atoms with Crippen LogP contribution in [0.1, 0.15) is 47.6 Å². The maximum Gasteiger partial charge on any atom is 0.220 e. The number of carbonyl (C=O) groups excluding carboxylic acids is 1. The lowest BCUT2D eigenvalue weighted by molar-refractivity contribution is -0.121. The number of nitrogens with one attached hydrogen (secondary N) is 1. The molecule has 0 aliphatic heterocycles. The lowest BCUT2D eigenvalue weighted by Crippen LogP contribution is -2.27. The number of aromatic nitrogens is 3. The summed E-state index contributed by atoms with van der Waals surface area (Å²) in [4.78, 5) is 17.5. The zero-order valence-corrected chi connectivity index (χ0v) is 18.5. The minimum atomic E-state index is -0.0151. The highest BCUT2D eigenvalue weighted by molar-refractivity contribution is 5.80. The van der Waals surface area contributed by atoms with Crippen molar-refractivity contribution in [2.24, 2.45) is 0 Å². The molecule has 5 nitrogen and oxygen atoms in total. The number of benzene rings is 2. The Morgan fingerprint density at radius 3 is 2.29 bits per heavy atom. The van der Waals surface area contributed by atoms with E-state index in [0.717, 1.165) is 45.0 Å². The van der Waals surface area contributed by atoms with E-state index in [0.29, 0.717) is 12.8 Å². The normalized spacial score (nSPS) is 12.1. The molecule has 158 valence electrons. The Bertz CT molecular complexity index is 1210. The molecular formula is C26H28N4O. The van der Waals surface area contributed by atoms with Crippen LogP contribution in [0.15, 0.2) is 60.7 Å². The number of hydrogen-bond donors (Lipinski definition) is 1. The molecule has 1 N–H and O–H groups in total. The van der Waals surface area contributed by atoms with Gasteiger partial charge in [0.25, 0.3) is 0 Å². The Balaban J connectivity index is 1.55. The van der Waals surface area contributed by atoms with E-state index in [1.807, 2.05) is 73.8 Å². The Kier molecular flexibility index (Phi) is 5.85. The molecule has 2 aromatic carbocycles. The zero-order valence-electron chi connectivity index (χ0n) is 18.5. The smallest absolute Gasteiger partial charge is 0.220 e. The van der Waals surface area contributed by atoms with Crippen LogP contribution >= 0.6 is 0 Å². The van der Waals surface area contributed by atoms with Gasteiger partial charge in [-0.3, -0.25) is 4.79 Å². The first-order chi connectivity index (χ1) is 15.0. The van der Waals surface area contributed by atoms with Gasteiger partial charge in [0.15, 0.2) is 5.65 Å². The van der Waals surface area contributed by atoms with Crippen LogP contribution in [0.3, 0.4) is 0 Å². The van der Waals surface area contributed by atoms with Crippen LogP contribution in [-0.2, 0) is 11.2 Å². The molecule has 0 bridgehead atoms. The molecule has 4 rings (SSSR count). The highest BCUT2D eigenvalue weighted by Crippen LogP contribution is 2.29. The maximum absolute atomic E-state index is 12.6. The van der Waals surface area contributed by atoms with Crippen molar-refractivity contribution in [3.05, 3.63) is 88.9 Å². The summed E-state index contributed by atoms with van der Waals surface area (Å²) < 4.78 is 1.92. The standard InChI is InChI=1S/C26H28N4O/c1-17(21-11-7-5-8-12-21)27-24(31)16-15-23-18(2)28-26-25(22-13-9-6-10-14-22)19(3)29-30(26)20(23)4/h5-14,17H,15-16H2,1-4H3,(H,27,31)/t17-/m0/s1. The Morgan fingerprint density at radius 1 is 0.968 bits per heavy atom.